The van der Waals surface area contributed by atoms with Crippen LogP contribution < -0.4 is 0 Å². The molecule has 1 aliphatic heterocycles. The first-order valence-corrected chi connectivity index (χ1v) is 9.75. The van der Waals surface area contributed by atoms with Gasteiger partial charge in [-0.25, -0.2) is 0 Å². The largest absolute Gasteiger partial charge is 0.345 e. The van der Waals surface area contributed by atoms with Crippen molar-refractivity contribution in [3.63, 3.8) is 0 Å². The van der Waals surface area contributed by atoms with Crippen molar-refractivity contribution in [1.82, 2.24) is 14.4 Å². The lowest BCUT2D eigenvalue weighted by atomic mass is 10.1. The molecule has 2 aromatic heterocycles. The highest BCUT2D eigenvalue weighted by atomic mass is 32.1. The predicted molar refractivity (Wildman–Crippen MR) is 105 cm³/mol. The van der Waals surface area contributed by atoms with Gasteiger partial charge >= 0.3 is 0 Å². The second-order valence-corrected chi connectivity index (χ2v) is 7.60. The van der Waals surface area contributed by atoms with E-state index in [2.05, 4.69) is 16.0 Å². The summed E-state index contributed by atoms with van der Waals surface area (Å²) in [6, 6.07) is 5.73. The average Bonchev–Trinajstić information content (AvgIpc) is 3.26. The molecule has 3 heterocycles. The van der Waals surface area contributed by atoms with Crippen molar-refractivity contribution in [3.05, 3.63) is 58.1 Å². The Hall–Kier alpha value is -2.18. The van der Waals surface area contributed by atoms with Gasteiger partial charge < -0.3 is 9.47 Å². The number of aromatic nitrogens is 1. The molecule has 26 heavy (non-hydrogen) atoms. The predicted octanol–water partition coefficient (Wildman–Crippen LogP) is 2.99. The minimum absolute atomic E-state index is 0.0962. The summed E-state index contributed by atoms with van der Waals surface area (Å²) in [5.41, 5.74) is 2.87. The van der Waals surface area contributed by atoms with Gasteiger partial charge in [0, 0.05) is 49.7 Å². The fourth-order valence-corrected chi connectivity index (χ4v) is 4.14. The Bertz CT molecular complexity index is 799. The van der Waals surface area contributed by atoms with Crippen molar-refractivity contribution in [2.45, 2.75) is 20.4 Å². The molecule has 1 aliphatic rings. The van der Waals surface area contributed by atoms with E-state index in [4.69, 9.17) is 0 Å². The molecule has 0 aliphatic carbocycles. The van der Waals surface area contributed by atoms with Gasteiger partial charge in [0.2, 0.25) is 0 Å². The average molecular weight is 372 g/mol. The van der Waals surface area contributed by atoms with E-state index >= 15 is 0 Å². The van der Waals surface area contributed by atoms with Crippen LogP contribution in [0.1, 0.15) is 31.4 Å². The number of amides is 1. The highest BCUT2D eigenvalue weighted by Gasteiger charge is 2.25. The Morgan fingerprint density at radius 2 is 1.96 bits per heavy atom. The molecule has 0 aromatic carbocycles. The molecule has 0 saturated carbocycles. The second-order valence-electron chi connectivity index (χ2n) is 6.65. The van der Waals surface area contributed by atoms with Gasteiger partial charge in [-0.3, -0.25) is 14.5 Å². The van der Waals surface area contributed by atoms with E-state index in [-0.39, 0.29) is 11.7 Å². The van der Waals surface area contributed by atoms with Crippen LogP contribution >= 0.6 is 11.3 Å². The number of Topliss-reactive ketones (excluding diaryl/α,β-unsaturated/α-hetero) is 1. The molecule has 0 bridgehead atoms. The topological polar surface area (TPSA) is 45.6 Å². The zero-order valence-electron chi connectivity index (χ0n) is 15.4. The molecule has 6 heteroatoms. The highest BCUT2D eigenvalue weighted by Crippen LogP contribution is 2.18. The van der Waals surface area contributed by atoms with Crippen LogP contribution in [0.15, 0.2) is 36.2 Å². The van der Waals surface area contributed by atoms with Gasteiger partial charge in [-0.2, -0.15) is 0 Å². The zero-order valence-corrected chi connectivity index (χ0v) is 16.2. The van der Waals surface area contributed by atoms with E-state index in [1.165, 1.54) is 11.3 Å². The van der Waals surface area contributed by atoms with E-state index in [9.17, 15) is 9.59 Å². The lowest BCUT2D eigenvalue weighted by Gasteiger charge is -2.34. The summed E-state index contributed by atoms with van der Waals surface area (Å²) in [6.45, 7) is 11.7. The van der Waals surface area contributed by atoms with Crippen LogP contribution in [-0.4, -0.2) is 58.8 Å². The Morgan fingerprint density at radius 1 is 1.23 bits per heavy atom. The smallest absolute Gasteiger partial charge is 0.264 e. The number of hydrogen-bond acceptors (Lipinski definition) is 4. The van der Waals surface area contributed by atoms with Crippen LogP contribution in [0, 0.1) is 13.8 Å². The maximum atomic E-state index is 12.7. The maximum Gasteiger partial charge on any atom is 0.264 e. The van der Waals surface area contributed by atoms with Gasteiger partial charge in [0.05, 0.1) is 11.4 Å². The van der Waals surface area contributed by atoms with E-state index in [1.54, 1.807) is 0 Å². The zero-order chi connectivity index (χ0) is 18.7. The Kier molecular flexibility index (Phi) is 5.74. The third-order valence-corrected chi connectivity index (χ3v) is 5.80. The minimum Gasteiger partial charge on any atom is -0.345 e. The first-order chi connectivity index (χ1) is 12.5. The summed E-state index contributed by atoms with van der Waals surface area (Å²) in [5, 5.41) is 1.92. The van der Waals surface area contributed by atoms with E-state index < -0.39 is 0 Å². The summed E-state index contributed by atoms with van der Waals surface area (Å²) in [4.78, 5) is 29.9. The fourth-order valence-electron chi connectivity index (χ4n) is 3.45. The number of carbonyl (C=O) groups excluding carboxylic acids is 2. The fraction of sp³-hybridized carbons (Fsp3) is 0.400. The summed E-state index contributed by atoms with van der Waals surface area (Å²) >= 11 is 1.47. The summed E-state index contributed by atoms with van der Waals surface area (Å²) in [6.07, 6.45) is 1.85. The molecule has 0 unspecified atom stereocenters. The third kappa shape index (κ3) is 3.81. The van der Waals surface area contributed by atoms with Crippen LogP contribution in [0.3, 0.4) is 0 Å². The number of piperazine rings is 1. The van der Waals surface area contributed by atoms with Crippen LogP contribution in [0.25, 0.3) is 0 Å². The second kappa shape index (κ2) is 8.01. The molecular formula is C20H25N3O2S. The number of ketones is 1. The van der Waals surface area contributed by atoms with Gasteiger partial charge in [-0.05, 0) is 31.4 Å². The summed E-state index contributed by atoms with van der Waals surface area (Å²) in [7, 11) is 0. The quantitative estimate of drug-likeness (QED) is 0.579. The SMILES string of the molecule is C=CCn1c(C)cc(C(=O)CN2CCN(C(=O)c3cccs3)CC2)c1C. The number of rotatable bonds is 6. The Morgan fingerprint density at radius 3 is 2.58 bits per heavy atom. The number of hydrogen-bond donors (Lipinski definition) is 0. The molecule has 0 atom stereocenters. The van der Waals surface area contributed by atoms with E-state index in [0.29, 0.717) is 26.2 Å². The highest BCUT2D eigenvalue weighted by molar-refractivity contribution is 7.12. The monoisotopic (exact) mass is 371 g/mol. The van der Waals surface area contributed by atoms with Gasteiger partial charge in [-0.15, -0.1) is 17.9 Å². The van der Waals surface area contributed by atoms with Crippen molar-refractivity contribution in [2.75, 3.05) is 32.7 Å². The number of thiophene rings is 1. The van der Waals surface area contributed by atoms with Crippen LogP contribution in [0.5, 0.6) is 0 Å². The minimum atomic E-state index is 0.0962. The molecule has 1 saturated heterocycles. The number of carbonyl (C=O) groups is 2. The van der Waals surface area contributed by atoms with E-state index in [1.807, 2.05) is 48.4 Å². The van der Waals surface area contributed by atoms with Crippen molar-refractivity contribution in [1.29, 1.82) is 0 Å². The Balaban J connectivity index is 1.58. The number of nitrogens with zero attached hydrogens (tertiary/aromatic N) is 3. The van der Waals surface area contributed by atoms with Crippen molar-refractivity contribution < 1.29 is 9.59 Å². The lowest BCUT2D eigenvalue weighted by molar-refractivity contribution is 0.0628. The molecule has 2 aromatic rings. The maximum absolute atomic E-state index is 12.7. The van der Waals surface area contributed by atoms with Crippen molar-refractivity contribution >= 4 is 23.0 Å². The van der Waals surface area contributed by atoms with Gasteiger partial charge in [0.15, 0.2) is 5.78 Å². The van der Waals surface area contributed by atoms with Crippen LogP contribution in [-0.2, 0) is 6.54 Å². The first kappa shape index (κ1) is 18.6. The summed E-state index contributed by atoms with van der Waals surface area (Å²) in [5.74, 6) is 0.241. The molecule has 1 amide bonds. The van der Waals surface area contributed by atoms with Crippen LogP contribution in [0.2, 0.25) is 0 Å². The standard InChI is InChI=1S/C20H25N3O2S/c1-4-7-23-15(2)13-17(16(23)3)18(24)14-21-8-10-22(11-9-21)20(25)19-6-5-12-26-19/h4-6,12-13H,1,7-11,14H2,2-3H3. The third-order valence-electron chi connectivity index (χ3n) is 4.94. The molecule has 1 fully saturated rings. The molecular weight excluding hydrogens is 346 g/mol. The molecule has 5 nitrogen and oxygen atoms in total. The number of allylic oxidation sites excluding steroid dienone is 1. The van der Waals surface area contributed by atoms with Crippen molar-refractivity contribution in [3.8, 4) is 0 Å². The van der Waals surface area contributed by atoms with E-state index in [0.717, 1.165) is 34.9 Å². The van der Waals surface area contributed by atoms with Gasteiger partial charge in [0.1, 0.15) is 0 Å². The molecule has 138 valence electrons. The Labute approximate surface area is 158 Å². The molecule has 0 spiro atoms. The molecule has 3 rings (SSSR count). The van der Waals surface area contributed by atoms with Gasteiger partial charge in [-0.1, -0.05) is 12.1 Å². The normalized spacial score (nSPS) is 15.2. The van der Waals surface area contributed by atoms with Crippen LogP contribution in [0.4, 0.5) is 0 Å². The van der Waals surface area contributed by atoms with Crippen molar-refractivity contribution in [2.24, 2.45) is 0 Å². The van der Waals surface area contributed by atoms with Gasteiger partial charge in [0.25, 0.3) is 5.91 Å². The molecule has 0 N–H and O–H groups in total. The summed E-state index contributed by atoms with van der Waals surface area (Å²) < 4.78 is 2.11. The molecule has 0 radical (unpaired) electrons. The number of aryl methyl sites for hydroxylation is 1. The first-order valence-electron chi connectivity index (χ1n) is 8.87. The lowest BCUT2D eigenvalue weighted by Crippen LogP contribution is -2.49.